The maximum absolute atomic E-state index is 5.60. The molecule has 1 atom stereocenters. The van der Waals surface area contributed by atoms with Gasteiger partial charge in [-0.3, -0.25) is 4.90 Å². The van der Waals surface area contributed by atoms with Crippen LogP contribution in [0.25, 0.3) is 0 Å². The number of nitrogens with one attached hydrogen (secondary N) is 1. The fourth-order valence-electron chi connectivity index (χ4n) is 3.25. The Morgan fingerprint density at radius 1 is 1.19 bits per heavy atom. The van der Waals surface area contributed by atoms with Crippen molar-refractivity contribution in [3.63, 3.8) is 0 Å². The summed E-state index contributed by atoms with van der Waals surface area (Å²) in [5.41, 5.74) is 0.308. The summed E-state index contributed by atoms with van der Waals surface area (Å²) >= 11 is 0. The Bertz CT molecular complexity index is 268. The average molecular weight is 300 g/mol. The van der Waals surface area contributed by atoms with Crippen LogP contribution in [0.2, 0.25) is 0 Å². The summed E-state index contributed by atoms with van der Waals surface area (Å²) in [7, 11) is 1.71. The highest BCUT2D eigenvalue weighted by atomic mass is 16.5. The van der Waals surface area contributed by atoms with E-state index in [1.807, 2.05) is 0 Å². The molecule has 1 aliphatic heterocycles. The lowest BCUT2D eigenvalue weighted by atomic mass is 9.86. The number of hydrogen-bond acceptors (Lipinski definition) is 4. The maximum Gasteiger partial charge on any atom is 0.0700 e. The smallest absolute Gasteiger partial charge is 0.0700 e. The predicted molar refractivity (Wildman–Crippen MR) is 88.8 cm³/mol. The summed E-state index contributed by atoms with van der Waals surface area (Å²) in [6, 6.07) is 0.648. The topological polar surface area (TPSA) is 33.7 Å². The third-order valence-corrected chi connectivity index (χ3v) is 4.95. The molecular formula is C17H36N2O2. The Hall–Kier alpha value is -0.160. The highest BCUT2D eigenvalue weighted by Crippen LogP contribution is 2.25. The fourth-order valence-corrected chi connectivity index (χ4v) is 3.25. The van der Waals surface area contributed by atoms with E-state index in [1.165, 1.54) is 19.4 Å². The second-order valence-electron chi connectivity index (χ2n) is 6.61. The molecule has 0 spiro atoms. The molecule has 1 heterocycles. The van der Waals surface area contributed by atoms with E-state index in [0.717, 1.165) is 26.1 Å². The van der Waals surface area contributed by atoms with Gasteiger partial charge in [0.25, 0.3) is 0 Å². The minimum absolute atomic E-state index is 0.308. The highest BCUT2D eigenvalue weighted by Gasteiger charge is 2.37. The maximum atomic E-state index is 5.60. The first-order valence-electron chi connectivity index (χ1n) is 8.64. The van der Waals surface area contributed by atoms with E-state index < -0.39 is 0 Å². The number of ether oxygens (including phenoxy) is 2. The lowest BCUT2D eigenvalue weighted by molar-refractivity contribution is 0.0322. The monoisotopic (exact) mass is 300 g/mol. The van der Waals surface area contributed by atoms with E-state index in [1.54, 1.807) is 7.11 Å². The minimum Gasteiger partial charge on any atom is -0.382 e. The largest absolute Gasteiger partial charge is 0.382 e. The number of nitrogens with zero attached hydrogens (tertiary/aromatic N) is 1. The van der Waals surface area contributed by atoms with Crippen molar-refractivity contribution in [3.05, 3.63) is 0 Å². The van der Waals surface area contributed by atoms with Gasteiger partial charge in [-0.2, -0.15) is 0 Å². The van der Waals surface area contributed by atoms with E-state index >= 15 is 0 Å². The zero-order chi connectivity index (χ0) is 15.7. The van der Waals surface area contributed by atoms with Crippen molar-refractivity contribution in [2.24, 2.45) is 5.92 Å². The van der Waals surface area contributed by atoms with E-state index in [4.69, 9.17) is 9.47 Å². The first-order valence-corrected chi connectivity index (χ1v) is 8.64. The van der Waals surface area contributed by atoms with Gasteiger partial charge in [0.1, 0.15) is 0 Å². The molecule has 0 aromatic heterocycles. The van der Waals surface area contributed by atoms with Gasteiger partial charge < -0.3 is 14.8 Å². The standard InChI is InChI=1S/C17H36N2O2/c1-6-17(7-2)14-19(16(13-18-17)15(3)4)9-8-10-21-12-11-20-5/h15-16,18H,6-14H2,1-5H3. The second-order valence-corrected chi connectivity index (χ2v) is 6.61. The number of rotatable bonds is 10. The normalized spacial score (nSPS) is 22.9. The molecule has 1 fully saturated rings. The molecule has 21 heavy (non-hydrogen) atoms. The first-order chi connectivity index (χ1) is 10.1. The molecule has 0 bridgehead atoms. The van der Waals surface area contributed by atoms with Gasteiger partial charge in [0.2, 0.25) is 0 Å². The predicted octanol–water partition coefficient (Wildman–Crippen LogP) is 2.53. The van der Waals surface area contributed by atoms with Crippen molar-refractivity contribution in [1.82, 2.24) is 10.2 Å². The molecule has 0 saturated carbocycles. The Kier molecular flexibility index (Phi) is 8.79. The van der Waals surface area contributed by atoms with Gasteiger partial charge in [0.05, 0.1) is 13.2 Å². The van der Waals surface area contributed by atoms with Crippen LogP contribution in [0.15, 0.2) is 0 Å². The molecule has 0 aromatic carbocycles. The first kappa shape index (κ1) is 18.9. The molecule has 0 amide bonds. The van der Waals surface area contributed by atoms with Gasteiger partial charge in [-0.1, -0.05) is 27.7 Å². The van der Waals surface area contributed by atoms with Gasteiger partial charge in [0, 0.05) is 44.9 Å². The zero-order valence-corrected chi connectivity index (χ0v) is 14.8. The van der Waals surface area contributed by atoms with Crippen LogP contribution in [-0.2, 0) is 9.47 Å². The molecule has 4 heteroatoms. The van der Waals surface area contributed by atoms with E-state index in [0.29, 0.717) is 30.7 Å². The third kappa shape index (κ3) is 5.85. The molecule has 1 rings (SSSR count). The zero-order valence-electron chi connectivity index (χ0n) is 14.8. The Morgan fingerprint density at radius 2 is 1.90 bits per heavy atom. The molecule has 0 aromatic rings. The fraction of sp³-hybridized carbons (Fsp3) is 1.00. The Labute approximate surface area is 131 Å². The van der Waals surface area contributed by atoms with Crippen molar-refractivity contribution >= 4 is 0 Å². The van der Waals surface area contributed by atoms with Crippen molar-refractivity contribution in [2.45, 2.75) is 58.5 Å². The second kappa shape index (κ2) is 9.78. The molecule has 126 valence electrons. The number of hydrogen-bond donors (Lipinski definition) is 1. The van der Waals surface area contributed by atoms with Crippen LogP contribution < -0.4 is 5.32 Å². The van der Waals surface area contributed by atoms with Crippen LogP contribution >= 0.6 is 0 Å². The lowest BCUT2D eigenvalue weighted by Crippen LogP contribution is -2.65. The van der Waals surface area contributed by atoms with Crippen molar-refractivity contribution < 1.29 is 9.47 Å². The lowest BCUT2D eigenvalue weighted by Gasteiger charge is -2.49. The minimum atomic E-state index is 0.308. The number of methoxy groups -OCH3 is 1. The quantitative estimate of drug-likeness (QED) is 0.629. The number of piperazine rings is 1. The van der Waals surface area contributed by atoms with Crippen LogP contribution in [-0.4, -0.2) is 63.0 Å². The molecule has 0 aliphatic carbocycles. The molecule has 1 unspecified atom stereocenters. The van der Waals surface area contributed by atoms with Gasteiger partial charge >= 0.3 is 0 Å². The van der Waals surface area contributed by atoms with Crippen molar-refractivity contribution in [3.8, 4) is 0 Å². The average Bonchev–Trinajstić information content (AvgIpc) is 2.50. The van der Waals surface area contributed by atoms with Crippen LogP contribution in [0.4, 0.5) is 0 Å². The van der Waals surface area contributed by atoms with Crippen LogP contribution in [0.5, 0.6) is 0 Å². The SMILES string of the molecule is CCC1(CC)CN(CCCOCCOC)C(C(C)C)CN1. The molecule has 1 saturated heterocycles. The summed E-state index contributed by atoms with van der Waals surface area (Å²) in [6.45, 7) is 14.9. The summed E-state index contributed by atoms with van der Waals surface area (Å²) in [5, 5.41) is 3.82. The van der Waals surface area contributed by atoms with E-state index in [9.17, 15) is 0 Å². The summed E-state index contributed by atoms with van der Waals surface area (Å²) < 4.78 is 10.6. The van der Waals surface area contributed by atoms with Gasteiger partial charge in [-0.15, -0.1) is 0 Å². The molecule has 4 nitrogen and oxygen atoms in total. The summed E-state index contributed by atoms with van der Waals surface area (Å²) in [5.74, 6) is 0.693. The van der Waals surface area contributed by atoms with Gasteiger partial charge in [-0.25, -0.2) is 0 Å². The molecule has 1 N–H and O–H groups in total. The van der Waals surface area contributed by atoms with E-state index in [2.05, 4.69) is 37.9 Å². The van der Waals surface area contributed by atoms with Gasteiger partial charge in [-0.05, 0) is 25.2 Å². The Morgan fingerprint density at radius 3 is 2.48 bits per heavy atom. The van der Waals surface area contributed by atoms with Crippen molar-refractivity contribution in [2.75, 3.05) is 46.6 Å². The molecule has 0 radical (unpaired) electrons. The highest BCUT2D eigenvalue weighted by molar-refractivity contribution is 4.97. The van der Waals surface area contributed by atoms with Gasteiger partial charge in [0.15, 0.2) is 0 Å². The van der Waals surface area contributed by atoms with Crippen LogP contribution in [0.1, 0.15) is 47.0 Å². The Balaban J connectivity index is 2.44. The summed E-state index contributed by atoms with van der Waals surface area (Å²) in [4.78, 5) is 2.69. The van der Waals surface area contributed by atoms with Crippen LogP contribution in [0, 0.1) is 5.92 Å². The van der Waals surface area contributed by atoms with Crippen molar-refractivity contribution in [1.29, 1.82) is 0 Å². The molecule has 1 aliphatic rings. The summed E-state index contributed by atoms with van der Waals surface area (Å²) in [6.07, 6.45) is 3.51. The van der Waals surface area contributed by atoms with Crippen LogP contribution in [0.3, 0.4) is 0 Å². The van der Waals surface area contributed by atoms with E-state index in [-0.39, 0.29) is 0 Å². The third-order valence-electron chi connectivity index (χ3n) is 4.95. The molecular weight excluding hydrogens is 264 g/mol.